The molecule has 162 valence electrons. The highest BCUT2D eigenvalue weighted by molar-refractivity contribution is 7.17. The minimum atomic E-state index is -1.06. The molecule has 1 unspecified atom stereocenters. The molecule has 2 amide bonds. The minimum absolute atomic E-state index is 0.102. The molecule has 1 aromatic carbocycles. The Morgan fingerprint density at radius 1 is 1.23 bits per heavy atom. The third kappa shape index (κ3) is 3.28. The molecule has 2 aliphatic rings. The van der Waals surface area contributed by atoms with Crippen LogP contribution in [0.1, 0.15) is 55.1 Å². The van der Waals surface area contributed by atoms with Gasteiger partial charge in [0.15, 0.2) is 0 Å². The summed E-state index contributed by atoms with van der Waals surface area (Å²) in [6.07, 6.45) is 5.48. The van der Waals surface area contributed by atoms with E-state index in [9.17, 15) is 9.59 Å². The Morgan fingerprint density at radius 3 is 2.77 bits per heavy atom. The summed E-state index contributed by atoms with van der Waals surface area (Å²) in [7, 11) is 0. The monoisotopic (exact) mass is 455 g/mol. The Bertz CT molecular complexity index is 1180. The van der Waals surface area contributed by atoms with E-state index in [1.807, 2.05) is 54.1 Å². The summed E-state index contributed by atoms with van der Waals surface area (Å²) in [6.45, 7) is 4.18. The first kappa shape index (κ1) is 20.6. The molecule has 1 aliphatic carbocycles. The predicted octanol–water partition coefficient (Wildman–Crippen LogP) is 5.53. The van der Waals surface area contributed by atoms with Crippen molar-refractivity contribution in [3.05, 3.63) is 52.0 Å². The standard InChI is InChI=1S/C24H26ClN3O2S/c1-15-17(25)9-6-10-18(15)28-22(29)20-13-21-19(11-12-31-21)27(20)14-24(28,2)23(30)26-16-7-4-3-5-8-16/h6,9-13,16H,3-5,7-8,14H2,1-2H3,(H,26,30). The molecule has 31 heavy (non-hydrogen) atoms. The molecular formula is C24H26ClN3O2S. The lowest BCUT2D eigenvalue weighted by molar-refractivity contribution is -0.127. The van der Waals surface area contributed by atoms with E-state index >= 15 is 0 Å². The zero-order valence-corrected chi connectivity index (χ0v) is 19.4. The van der Waals surface area contributed by atoms with Gasteiger partial charge in [0.2, 0.25) is 5.91 Å². The van der Waals surface area contributed by atoms with Crippen molar-refractivity contribution in [3.63, 3.8) is 0 Å². The lowest BCUT2D eigenvalue weighted by Crippen LogP contribution is -2.65. The van der Waals surface area contributed by atoms with Crippen molar-refractivity contribution in [2.45, 2.75) is 64.1 Å². The van der Waals surface area contributed by atoms with E-state index in [1.165, 1.54) is 6.42 Å². The van der Waals surface area contributed by atoms with Gasteiger partial charge in [-0.25, -0.2) is 0 Å². The van der Waals surface area contributed by atoms with E-state index in [0.29, 0.717) is 22.9 Å². The number of anilines is 1. The molecule has 5 nitrogen and oxygen atoms in total. The van der Waals surface area contributed by atoms with Gasteiger partial charge in [-0.05, 0) is 61.9 Å². The van der Waals surface area contributed by atoms with Crippen molar-refractivity contribution in [2.24, 2.45) is 0 Å². The molecule has 5 rings (SSSR count). The zero-order chi connectivity index (χ0) is 21.8. The summed E-state index contributed by atoms with van der Waals surface area (Å²) in [4.78, 5) is 29.3. The maximum Gasteiger partial charge on any atom is 0.275 e. The molecule has 3 aromatic rings. The quantitative estimate of drug-likeness (QED) is 0.564. The van der Waals surface area contributed by atoms with Crippen LogP contribution < -0.4 is 10.2 Å². The number of nitrogens with one attached hydrogen (secondary N) is 1. The van der Waals surface area contributed by atoms with Gasteiger partial charge in [-0.15, -0.1) is 11.3 Å². The van der Waals surface area contributed by atoms with E-state index in [0.717, 1.165) is 41.5 Å². The second kappa shape index (κ2) is 7.68. The number of carbonyl (C=O) groups excluding carboxylic acids is 2. The number of halogens is 1. The number of carbonyl (C=O) groups is 2. The lowest BCUT2D eigenvalue weighted by Gasteiger charge is -2.45. The van der Waals surface area contributed by atoms with Crippen LogP contribution in [0, 0.1) is 6.92 Å². The summed E-state index contributed by atoms with van der Waals surface area (Å²) in [6, 6.07) is 9.66. The van der Waals surface area contributed by atoms with Crippen molar-refractivity contribution in [2.75, 3.05) is 4.90 Å². The van der Waals surface area contributed by atoms with Crippen molar-refractivity contribution in [1.82, 2.24) is 9.88 Å². The number of nitrogens with zero attached hydrogens (tertiary/aromatic N) is 2. The van der Waals surface area contributed by atoms with E-state index < -0.39 is 5.54 Å². The second-order valence-corrected chi connectivity index (χ2v) is 10.2. The maximum absolute atomic E-state index is 13.8. The van der Waals surface area contributed by atoms with Gasteiger partial charge in [-0.2, -0.15) is 0 Å². The Kier molecular flexibility index (Phi) is 5.10. The number of fused-ring (bicyclic) bond motifs is 3. The molecule has 0 saturated heterocycles. The fourth-order valence-electron chi connectivity index (χ4n) is 5.02. The zero-order valence-electron chi connectivity index (χ0n) is 17.8. The Morgan fingerprint density at radius 2 is 2.00 bits per heavy atom. The number of aromatic nitrogens is 1. The highest BCUT2D eigenvalue weighted by atomic mass is 35.5. The smallest absolute Gasteiger partial charge is 0.275 e. The molecule has 1 aliphatic heterocycles. The molecule has 1 saturated carbocycles. The fourth-order valence-corrected chi connectivity index (χ4v) is 6.01. The predicted molar refractivity (Wildman–Crippen MR) is 126 cm³/mol. The number of benzene rings is 1. The number of hydrogen-bond acceptors (Lipinski definition) is 3. The van der Waals surface area contributed by atoms with Gasteiger partial charge < -0.3 is 9.88 Å². The second-order valence-electron chi connectivity index (χ2n) is 8.89. The van der Waals surface area contributed by atoms with Crippen LogP contribution in [-0.4, -0.2) is 28.0 Å². The fraction of sp³-hybridized carbons (Fsp3) is 0.417. The van der Waals surface area contributed by atoms with Gasteiger partial charge in [0, 0.05) is 16.8 Å². The molecule has 0 spiro atoms. The first-order chi connectivity index (χ1) is 14.9. The van der Waals surface area contributed by atoms with Crippen LogP contribution in [0.25, 0.3) is 10.2 Å². The van der Waals surface area contributed by atoms with Gasteiger partial charge in [-0.3, -0.25) is 14.5 Å². The topological polar surface area (TPSA) is 54.3 Å². The highest BCUT2D eigenvalue weighted by Gasteiger charge is 2.49. The first-order valence-corrected chi connectivity index (χ1v) is 12.1. The highest BCUT2D eigenvalue weighted by Crippen LogP contribution is 2.39. The molecule has 3 heterocycles. The van der Waals surface area contributed by atoms with E-state index in [4.69, 9.17) is 11.6 Å². The van der Waals surface area contributed by atoms with Gasteiger partial charge in [0.05, 0.1) is 16.8 Å². The van der Waals surface area contributed by atoms with Crippen LogP contribution in [0.5, 0.6) is 0 Å². The van der Waals surface area contributed by atoms with Gasteiger partial charge >= 0.3 is 0 Å². The molecule has 2 aromatic heterocycles. The maximum atomic E-state index is 13.8. The summed E-state index contributed by atoms with van der Waals surface area (Å²) < 4.78 is 3.06. The summed E-state index contributed by atoms with van der Waals surface area (Å²) in [5, 5.41) is 5.88. The first-order valence-electron chi connectivity index (χ1n) is 10.9. The van der Waals surface area contributed by atoms with Crippen molar-refractivity contribution < 1.29 is 9.59 Å². The average Bonchev–Trinajstić information content (AvgIpc) is 3.34. The van der Waals surface area contributed by atoms with Crippen LogP contribution in [0.4, 0.5) is 5.69 Å². The average molecular weight is 456 g/mol. The van der Waals surface area contributed by atoms with Gasteiger partial charge in [0.1, 0.15) is 11.2 Å². The van der Waals surface area contributed by atoms with Crippen LogP contribution >= 0.6 is 22.9 Å². The molecule has 7 heteroatoms. The lowest BCUT2D eigenvalue weighted by atomic mass is 9.90. The van der Waals surface area contributed by atoms with Crippen LogP contribution in [-0.2, 0) is 11.3 Å². The number of hydrogen-bond donors (Lipinski definition) is 1. The molecule has 1 fully saturated rings. The number of rotatable bonds is 3. The SMILES string of the molecule is Cc1c(Cl)cccc1N1C(=O)c2cc3sccc3n2CC1(C)C(=O)NC1CCCCC1. The number of amides is 2. The molecule has 0 radical (unpaired) electrons. The summed E-state index contributed by atoms with van der Waals surface area (Å²) >= 11 is 8.02. The van der Waals surface area contributed by atoms with Gasteiger partial charge in [-0.1, -0.05) is 36.9 Å². The van der Waals surface area contributed by atoms with Crippen LogP contribution in [0.3, 0.4) is 0 Å². The summed E-state index contributed by atoms with van der Waals surface area (Å²) in [5.74, 6) is -0.267. The van der Waals surface area contributed by atoms with E-state index in [2.05, 4.69) is 5.32 Å². The van der Waals surface area contributed by atoms with Crippen molar-refractivity contribution in [3.8, 4) is 0 Å². The normalized spacial score (nSPS) is 22.0. The molecular weight excluding hydrogens is 430 g/mol. The Hall–Kier alpha value is -2.31. The third-order valence-electron chi connectivity index (χ3n) is 6.81. The van der Waals surface area contributed by atoms with E-state index in [1.54, 1.807) is 16.2 Å². The van der Waals surface area contributed by atoms with Crippen molar-refractivity contribution >= 4 is 50.7 Å². The van der Waals surface area contributed by atoms with Crippen LogP contribution in [0.2, 0.25) is 5.02 Å². The molecule has 1 N–H and O–H groups in total. The molecule has 0 bridgehead atoms. The minimum Gasteiger partial charge on any atom is -0.351 e. The van der Waals surface area contributed by atoms with Gasteiger partial charge in [0.25, 0.3) is 5.91 Å². The van der Waals surface area contributed by atoms with Crippen molar-refractivity contribution in [1.29, 1.82) is 0 Å². The molecule has 1 atom stereocenters. The Balaban J connectivity index is 1.63. The Labute approximate surface area is 191 Å². The van der Waals surface area contributed by atoms with Crippen LogP contribution in [0.15, 0.2) is 35.7 Å². The largest absolute Gasteiger partial charge is 0.351 e. The van der Waals surface area contributed by atoms with E-state index in [-0.39, 0.29) is 17.9 Å². The summed E-state index contributed by atoms with van der Waals surface area (Å²) in [5.41, 5.74) is 2.05. The number of thiophene rings is 1. The third-order valence-corrected chi connectivity index (χ3v) is 8.08.